The largest absolute Gasteiger partial charge is 0.550 e. The molecule has 1 heterocycles. The predicted octanol–water partition coefficient (Wildman–Crippen LogP) is 2.71. The highest BCUT2D eigenvalue weighted by molar-refractivity contribution is 6.01. The second-order valence-electron chi connectivity index (χ2n) is 6.95. The molecule has 0 saturated heterocycles. The molecule has 4 rings (SSSR count). The standard InChI is InChI=1S/C20H18O7/c21-13-7-5-11-15(9-3-1-2-4-10(9)20(25)26)12-6-8-14(22)17(24)19(12)27-18(11)16(13)23/h5-10H,1-4H2,(H4-,21,22,23,24,25,26). The second kappa shape index (κ2) is 6.19. The lowest BCUT2D eigenvalue weighted by Gasteiger charge is -2.33. The van der Waals surface area contributed by atoms with Crippen LogP contribution < -0.4 is 5.11 Å². The number of benzene rings is 2. The number of aromatic hydroxyl groups is 4. The summed E-state index contributed by atoms with van der Waals surface area (Å²) in [5.74, 6) is -4.13. The monoisotopic (exact) mass is 370 g/mol. The van der Waals surface area contributed by atoms with Gasteiger partial charge in [-0.3, -0.25) is 0 Å². The fourth-order valence-corrected chi connectivity index (χ4v) is 4.16. The molecule has 1 fully saturated rings. The van der Waals surface area contributed by atoms with Crippen molar-refractivity contribution in [3.05, 3.63) is 29.8 Å². The van der Waals surface area contributed by atoms with Crippen LogP contribution in [0.3, 0.4) is 0 Å². The van der Waals surface area contributed by atoms with E-state index in [0.29, 0.717) is 29.2 Å². The van der Waals surface area contributed by atoms with Gasteiger partial charge in [-0.15, -0.1) is 0 Å². The molecule has 2 atom stereocenters. The van der Waals surface area contributed by atoms with Gasteiger partial charge in [0, 0.05) is 11.9 Å². The summed E-state index contributed by atoms with van der Waals surface area (Å²) in [4.78, 5) is 11.7. The third-order valence-electron chi connectivity index (χ3n) is 5.44. The van der Waals surface area contributed by atoms with Crippen LogP contribution >= 0.6 is 0 Å². The first-order valence-electron chi connectivity index (χ1n) is 8.76. The molecular weight excluding hydrogens is 352 g/mol. The van der Waals surface area contributed by atoms with E-state index in [1.165, 1.54) is 12.1 Å². The van der Waals surface area contributed by atoms with Crippen LogP contribution in [-0.2, 0) is 4.79 Å². The summed E-state index contributed by atoms with van der Waals surface area (Å²) in [6, 6.07) is 5.71. The van der Waals surface area contributed by atoms with Crippen LogP contribution in [0.4, 0.5) is 0 Å². The first-order chi connectivity index (χ1) is 12.9. The van der Waals surface area contributed by atoms with Crippen molar-refractivity contribution < 1.29 is 34.7 Å². The van der Waals surface area contributed by atoms with E-state index in [0.717, 1.165) is 12.8 Å². The van der Waals surface area contributed by atoms with Gasteiger partial charge in [0.15, 0.2) is 11.5 Å². The number of carbonyl (C=O) groups is 1. The topological polar surface area (TPSA) is 132 Å². The number of rotatable bonds is 2. The molecule has 0 amide bonds. The van der Waals surface area contributed by atoms with Gasteiger partial charge in [0.2, 0.25) is 0 Å². The molecule has 0 aliphatic heterocycles. The quantitative estimate of drug-likeness (QED) is 0.310. The van der Waals surface area contributed by atoms with E-state index in [-0.39, 0.29) is 11.2 Å². The lowest BCUT2D eigenvalue weighted by atomic mass is 9.73. The van der Waals surface area contributed by atoms with Crippen LogP contribution in [0.2, 0.25) is 0 Å². The number of phenols is 4. The van der Waals surface area contributed by atoms with Crippen molar-refractivity contribution in [3.63, 3.8) is 0 Å². The van der Waals surface area contributed by atoms with Gasteiger partial charge >= 0.3 is 11.2 Å². The van der Waals surface area contributed by atoms with Gasteiger partial charge < -0.3 is 30.3 Å². The number of carboxylic acid groups (broad SMARTS) is 1. The molecule has 1 aliphatic rings. The second-order valence-corrected chi connectivity index (χ2v) is 6.95. The minimum atomic E-state index is -1.15. The maximum atomic E-state index is 11.7. The molecule has 7 heteroatoms. The fraction of sp³-hybridized carbons (Fsp3) is 0.300. The van der Waals surface area contributed by atoms with Crippen LogP contribution in [0, 0.1) is 5.92 Å². The minimum Gasteiger partial charge on any atom is -0.550 e. The third-order valence-corrected chi connectivity index (χ3v) is 5.44. The zero-order valence-corrected chi connectivity index (χ0v) is 14.3. The summed E-state index contributed by atoms with van der Waals surface area (Å²) in [7, 11) is 0. The van der Waals surface area contributed by atoms with E-state index in [1.54, 1.807) is 12.1 Å². The van der Waals surface area contributed by atoms with Gasteiger partial charge in [-0.2, -0.15) is 4.42 Å². The number of fused-ring (bicyclic) bond motifs is 2. The first kappa shape index (κ1) is 17.2. The average Bonchev–Trinajstić information content (AvgIpc) is 2.66. The molecule has 0 radical (unpaired) electrons. The van der Waals surface area contributed by atoms with Crippen molar-refractivity contribution in [1.82, 2.24) is 0 Å². The van der Waals surface area contributed by atoms with E-state index >= 15 is 0 Å². The molecule has 2 aromatic carbocycles. The van der Waals surface area contributed by atoms with E-state index < -0.39 is 40.8 Å². The first-order valence-corrected chi connectivity index (χ1v) is 8.76. The maximum absolute atomic E-state index is 11.7. The van der Waals surface area contributed by atoms with Gasteiger partial charge in [0.05, 0.1) is 10.8 Å². The Morgan fingerprint density at radius 3 is 1.93 bits per heavy atom. The summed E-state index contributed by atoms with van der Waals surface area (Å²) in [6.45, 7) is 0. The number of aliphatic carboxylic acids is 1. The smallest absolute Gasteiger partial charge is 0.406 e. The van der Waals surface area contributed by atoms with Crippen LogP contribution in [0.25, 0.3) is 21.9 Å². The van der Waals surface area contributed by atoms with Crippen molar-refractivity contribution >= 4 is 27.9 Å². The van der Waals surface area contributed by atoms with E-state index in [1.807, 2.05) is 0 Å². The summed E-state index contributed by atoms with van der Waals surface area (Å²) >= 11 is 0. The van der Waals surface area contributed by atoms with Gasteiger partial charge in [-0.05, 0) is 48.6 Å². The Labute approximate surface area is 153 Å². The van der Waals surface area contributed by atoms with Gasteiger partial charge in [-0.1, -0.05) is 12.8 Å². The van der Waals surface area contributed by atoms with Crippen LogP contribution in [0.15, 0.2) is 28.7 Å². The Kier molecular flexibility index (Phi) is 3.95. The number of carboxylic acids is 1. The highest BCUT2D eigenvalue weighted by Crippen LogP contribution is 2.49. The molecule has 1 aliphatic carbocycles. The van der Waals surface area contributed by atoms with E-state index in [9.17, 15) is 30.3 Å². The molecular formula is C20H18O7. The van der Waals surface area contributed by atoms with Gasteiger partial charge in [0.25, 0.3) is 11.5 Å². The summed E-state index contributed by atoms with van der Waals surface area (Å²) in [5.41, 5.74) is 0.424. The van der Waals surface area contributed by atoms with E-state index in [2.05, 4.69) is 0 Å². The van der Waals surface area contributed by atoms with Crippen molar-refractivity contribution in [3.8, 4) is 23.0 Å². The Bertz CT molecular complexity index is 1010. The number of hydrogen-bond acceptors (Lipinski definition) is 6. The molecule has 3 aromatic rings. The number of phenolic OH excluding ortho intramolecular Hbond substituents is 4. The number of carbonyl (C=O) groups excluding carboxylic acids is 1. The molecule has 27 heavy (non-hydrogen) atoms. The Morgan fingerprint density at radius 2 is 1.41 bits per heavy atom. The Morgan fingerprint density at radius 1 is 0.889 bits per heavy atom. The van der Waals surface area contributed by atoms with Crippen molar-refractivity contribution in [2.24, 2.45) is 5.92 Å². The maximum Gasteiger partial charge on any atom is 0.406 e. The lowest BCUT2D eigenvalue weighted by Crippen LogP contribution is -2.36. The van der Waals surface area contributed by atoms with Gasteiger partial charge in [0.1, 0.15) is 0 Å². The molecule has 140 valence electrons. The summed E-state index contributed by atoms with van der Waals surface area (Å²) < 4.78 is 5.61. The molecule has 2 unspecified atom stereocenters. The SMILES string of the molecule is O=C([O-])C1CCCCC1c1c2ccc(O)c(O)c2[o+]c2c(O)c(O)ccc12. The number of hydrogen-bond donors (Lipinski definition) is 4. The minimum absolute atomic E-state index is 0.0823. The zero-order valence-electron chi connectivity index (χ0n) is 14.3. The highest BCUT2D eigenvalue weighted by Gasteiger charge is 2.35. The van der Waals surface area contributed by atoms with Crippen molar-refractivity contribution in [1.29, 1.82) is 0 Å². The zero-order chi connectivity index (χ0) is 19.3. The van der Waals surface area contributed by atoms with Gasteiger partial charge in [-0.25, -0.2) is 0 Å². The lowest BCUT2D eigenvalue weighted by molar-refractivity contribution is -0.313. The van der Waals surface area contributed by atoms with Crippen LogP contribution in [0.1, 0.15) is 37.2 Å². The fourth-order valence-electron chi connectivity index (χ4n) is 4.16. The van der Waals surface area contributed by atoms with Crippen LogP contribution in [-0.4, -0.2) is 26.4 Å². The van der Waals surface area contributed by atoms with Crippen molar-refractivity contribution in [2.75, 3.05) is 0 Å². The average molecular weight is 370 g/mol. The Hall–Kier alpha value is -3.22. The summed E-state index contributed by atoms with van der Waals surface area (Å²) in [5, 5.41) is 52.8. The molecule has 4 N–H and O–H groups in total. The van der Waals surface area contributed by atoms with E-state index in [4.69, 9.17) is 4.42 Å². The third kappa shape index (κ3) is 2.58. The van der Waals surface area contributed by atoms with Crippen LogP contribution in [0.5, 0.6) is 23.0 Å². The molecule has 1 aromatic heterocycles. The Balaban J connectivity index is 2.14. The van der Waals surface area contributed by atoms with Crippen molar-refractivity contribution in [2.45, 2.75) is 31.6 Å². The predicted molar refractivity (Wildman–Crippen MR) is 94.5 cm³/mol. The normalized spacial score (nSPS) is 20.1. The highest BCUT2D eigenvalue weighted by atomic mass is 16.4. The molecule has 0 spiro atoms. The molecule has 0 bridgehead atoms. The molecule has 1 saturated carbocycles. The summed E-state index contributed by atoms with van der Waals surface area (Å²) in [6.07, 6.45) is 2.67. The molecule has 7 nitrogen and oxygen atoms in total.